The van der Waals surface area contributed by atoms with Gasteiger partial charge < -0.3 is 24.0 Å². The molecule has 0 amide bonds. The molecule has 0 bridgehead atoms. The maximum atomic E-state index is 12.4. The van der Waals surface area contributed by atoms with Crippen molar-refractivity contribution < 1.29 is 42.7 Å². The van der Waals surface area contributed by atoms with Gasteiger partial charge in [-0.05, 0) is 70.6 Å². The molecule has 1 rings (SSSR count). The van der Waals surface area contributed by atoms with E-state index in [1.165, 1.54) is 19.3 Å². The first-order chi connectivity index (χ1) is 23.7. The topological polar surface area (TPSA) is 132 Å². The van der Waals surface area contributed by atoms with Gasteiger partial charge in [0.2, 0.25) is 0 Å². The molecule has 0 aromatic heterocycles. The third-order valence-corrected chi connectivity index (χ3v) is 8.74. The largest absolute Gasteiger partial charge is 0.469 e. The lowest BCUT2D eigenvalue weighted by molar-refractivity contribution is -0.161. The number of rotatable bonds is 33. The first-order valence-electron chi connectivity index (χ1n) is 19.1. The number of epoxide rings is 1. The molecular weight excluding hydrogens is 643 g/mol. The third kappa shape index (κ3) is 30.5. The van der Waals surface area contributed by atoms with Crippen molar-refractivity contribution in [3.8, 4) is 0 Å². The second-order valence-corrected chi connectivity index (χ2v) is 14.1. The molecule has 0 aromatic rings. The Hall–Kier alpha value is -2.03. The maximum Gasteiger partial charge on any atom is 0.469 e. The van der Waals surface area contributed by atoms with E-state index in [2.05, 4.69) is 67.0 Å². The van der Waals surface area contributed by atoms with Gasteiger partial charge in [0.05, 0.1) is 18.8 Å². The summed E-state index contributed by atoms with van der Waals surface area (Å²) in [5.41, 5.74) is 0. The number of hydrogen-bond acceptors (Lipinski definition) is 7. The predicted molar refractivity (Wildman–Crippen MR) is 197 cm³/mol. The molecular formula is C39H67O9P. The monoisotopic (exact) mass is 710 g/mol. The van der Waals surface area contributed by atoms with Gasteiger partial charge in [-0.15, -0.1) is 0 Å². The van der Waals surface area contributed by atoms with Gasteiger partial charge in [-0.3, -0.25) is 14.1 Å². The van der Waals surface area contributed by atoms with Crippen molar-refractivity contribution in [1.82, 2.24) is 0 Å². The fourth-order valence-corrected chi connectivity index (χ4v) is 5.69. The van der Waals surface area contributed by atoms with Crippen LogP contribution >= 0.6 is 7.82 Å². The van der Waals surface area contributed by atoms with Crippen LogP contribution in [0.2, 0.25) is 0 Å². The van der Waals surface area contributed by atoms with Crippen LogP contribution in [0, 0.1) is 0 Å². The van der Waals surface area contributed by atoms with Crippen molar-refractivity contribution in [2.75, 3.05) is 13.2 Å². The quantitative estimate of drug-likeness (QED) is 0.0224. The van der Waals surface area contributed by atoms with Crippen molar-refractivity contribution in [2.24, 2.45) is 0 Å². The van der Waals surface area contributed by atoms with Crippen molar-refractivity contribution in [2.45, 2.75) is 173 Å². The Labute approximate surface area is 297 Å². The van der Waals surface area contributed by atoms with Gasteiger partial charge in [0.1, 0.15) is 6.61 Å². The third-order valence-electron chi connectivity index (χ3n) is 8.26. The van der Waals surface area contributed by atoms with Crippen molar-refractivity contribution >= 4 is 19.8 Å². The minimum atomic E-state index is -4.77. The Bertz CT molecular complexity index is 1000. The Morgan fingerprint density at radius 3 is 1.92 bits per heavy atom. The van der Waals surface area contributed by atoms with E-state index < -0.39 is 32.5 Å². The van der Waals surface area contributed by atoms with Crippen LogP contribution in [-0.2, 0) is 32.9 Å². The van der Waals surface area contributed by atoms with Gasteiger partial charge in [0.25, 0.3) is 0 Å². The number of carbonyl (C=O) groups excluding carboxylic acids is 2. The molecule has 0 saturated carbocycles. The van der Waals surface area contributed by atoms with Crippen LogP contribution in [0.5, 0.6) is 0 Å². The van der Waals surface area contributed by atoms with Crippen molar-refractivity contribution in [1.29, 1.82) is 0 Å². The lowest BCUT2D eigenvalue weighted by atomic mass is 10.1. The van der Waals surface area contributed by atoms with Gasteiger partial charge in [-0.2, -0.15) is 0 Å². The van der Waals surface area contributed by atoms with E-state index in [-0.39, 0.29) is 19.4 Å². The minimum absolute atomic E-state index is 0.183. The number of allylic oxidation sites excluding steroid dienone is 7. The summed E-state index contributed by atoms with van der Waals surface area (Å²) in [7, 11) is -4.77. The molecule has 0 aromatic carbocycles. The van der Waals surface area contributed by atoms with Crippen LogP contribution in [0.4, 0.5) is 0 Å². The fourth-order valence-electron chi connectivity index (χ4n) is 5.33. The SMILES string of the molecule is CC/C=C\C/C=C\C/C=C\CCCCCCCC(=O)OC[C@H](COP(=O)(O)O)OC(=O)CCCCCCCC1OC1C/C=C\CCCCC. The van der Waals surface area contributed by atoms with Crippen molar-refractivity contribution in [3.05, 3.63) is 48.6 Å². The van der Waals surface area contributed by atoms with Crippen LogP contribution in [0.3, 0.4) is 0 Å². The molecule has 0 spiro atoms. The molecule has 0 radical (unpaired) electrons. The van der Waals surface area contributed by atoms with Gasteiger partial charge >= 0.3 is 19.8 Å². The standard InChI is InChI=1S/C39H67O9P/c1-3-5-7-9-11-12-13-14-15-16-17-18-19-23-27-31-38(40)45-33-35(34-46-49(42,43)44)47-39(41)32-28-24-20-22-26-30-37-36(48-37)29-25-21-10-8-6-4-2/h5,7,11-12,14-15,21,25,35-37H,3-4,6,8-10,13,16-20,22-24,26-34H2,1-2H3,(H2,42,43,44)/b7-5-,12-11-,15-14-,25-21-/t35-,36?,37?/m1/s1. The van der Waals surface area contributed by atoms with Crippen molar-refractivity contribution in [3.63, 3.8) is 0 Å². The van der Waals surface area contributed by atoms with Crippen LogP contribution in [0.25, 0.3) is 0 Å². The Balaban J connectivity index is 2.11. The van der Waals surface area contributed by atoms with Gasteiger partial charge in [-0.25, -0.2) is 4.57 Å². The Morgan fingerprint density at radius 1 is 0.673 bits per heavy atom. The zero-order valence-electron chi connectivity index (χ0n) is 30.5. The number of carbonyl (C=O) groups is 2. The highest BCUT2D eigenvalue weighted by Gasteiger charge is 2.36. The first kappa shape index (κ1) is 45.0. The smallest absolute Gasteiger partial charge is 0.462 e. The molecule has 2 N–H and O–H groups in total. The van der Waals surface area contributed by atoms with E-state index in [0.717, 1.165) is 96.3 Å². The summed E-state index contributed by atoms with van der Waals surface area (Å²) in [5.74, 6) is -0.932. The summed E-state index contributed by atoms with van der Waals surface area (Å²) in [6, 6.07) is 0. The number of unbranched alkanes of at least 4 members (excludes halogenated alkanes) is 12. The first-order valence-corrected chi connectivity index (χ1v) is 20.6. The normalized spacial score (nSPS) is 17.1. The number of esters is 2. The second kappa shape index (κ2) is 30.8. The van der Waals surface area contributed by atoms with Crippen LogP contribution in [0.15, 0.2) is 48.6 Å². The number of phosphoric ester groups is 1. The Morgan fingerprint density at radius 2 is 1.24 bits per heavy atom. The summed E-state index contributed by atoms with van der Waals surface area (Å²) in [6.45, 7) is 3.49. The van der Waals surface area contributed by atoms with E-state index in [9.17, 15) is 14.2 Å². The fraction of sp³-hybridized carbons (Fsp3) is 0.744. The van der Waals surface area contributed by atoms with Crippen LogP contribution in [0.1, 0.15) is 155 Å². The molecule has 1 heterocycles. The van der Waals surface area contributed by atoms with Crippen LogP contribution < -0.4 is 0 Å². The molecule has 3 atom stereocenters. The molecule has 49 heavy (non-hydrogen) atoms. The predicted octanol–water partition coefficient (Wildman–Crippen LogP) is 10.2. The van der Waals surface area contributed by atoms with E-state index in [0.29, 0.717) is 25.0 Å². The number of ether oxygens (including phenoxy) is 3. The molecule has 1 fully saturated rings. The average molecular weight is 711 g/mol. The lowest BCUT2D eigenvalue weighted by Gasteiger charge is -2.18. The lowest BCUT2D eigenvalue weighted by Crippen LogP contribution is -2.29. The van der Waals surface area contributed by atoms with E-state index in [1.54, 1.807) is 0 Å². The summed E-state index contributed by atoms with van der Waals surface area (Å²) < 4.78 is 32.1. The molecule has 9 nitrogen and oxygen atoms in total. The summed E-state index contributed by atoms with van der Waals surface area (Å²) in [4.78, 5) is 42.8. The van der Waals surface area contributed by atoms with Gasteiger partial charge in [0, 0.05) is 12.8 Å². The second-order valence-electron chi connectivity index (χ2n) is 12.9. The maximum absolute atomic E-state index is 12.4. The zero-order chi connectivity index (χ0) is 35.8. The van der Waals surface area contributed by atoms with E-state index >= 15 is 0 Å². The van der Waals surface area contributed by atoms with Crippen LogP contribution in [-0.4, -0.2) is 53.3 Å². The minimum Gasteiger partial charge on any atom is -0.462 e. The average Bonchev–Trinajstić information content (AvgIpc) is 3.82. The summed E-state index contributed by atoms with van der Waals surface area (Å²) in [6.07, 6.45) is 38.5. The van der Waals surface area contributed by atoms with E-state index in [1.807, 2.05) is 0 Å². The highest BCUT2D eigenvalue weighted by Crippen LogP contribution is 2.36. The molecule has 1 saturated heterocycles. The highest BCUT2D eigenvalue weighted by atomic mass is 31.2. The highest BCUT2D eigenvalue weighted by molar-refractivity contribution is 7.46. The van der Waals surface area contributed by atoms with Gasteiger partial charge in [-0.1, -0.05) is 120 Å². The number of hydrogen-bond donors (Lipinski definition) is 2. The molecule has 1 aliphatic rings. The summed E-state index contributed by atoms with van der Waals surface area (Å²) in [5, 5.41) is 0. The van der Waals surface area contributed by atoms with Gasteiger partial charge in [0.15, 0.2) is 6.10 Å². The molecule has 1 aliphatic heterocycles. The number of phosphoric acid groups is 1. The molecule has 0 aliphatic carbocycles. The molecule has 10 heteroatoms. The summed E-state index contributed by atoms with van der Waals surface area (Å²) >= 11 is 0. The Kier molecular flexibility index (Phi) is 28.2. The molecule has 282 valence electrons. The molecule has 2 unspecified atom stereocenters. The zero-order valence-corrected chi connectivity index (χ0v) is 31.4. The van der Waals surface area contributed by atoms with E-state index in [4.69, 9.17) is 24.0 Å².